The van der Waals surface area contributed by atoms with Crippen LogP contribution >= 0.6 is 11.6 Å². The fraction of sp³-hybridized carbons (Fsp3) is 0.500. The Morgan fingerprint density at radius 2 is 2.11 bits per heavy atom. The van der Waals surface area contributed by atoms with Gasteiger partial charge in [-0.3, -0.25) is 0 Å². The van der Waals surface area contributed by atoms with Crippen molar-refractivity contribution >= 4 is 22.6 Å². The van der Waals surface area contributed by atoms with Crippen molar-refractivity contribution in [3.05, 3.63) is 29.3 Å². The van der Waals surface area contributed by atoms with Gasteiger partial charge in [0.1, 0.15) is 11.6 Å². The molecule has 0 amide bonds. The van der Waals surface area contributed by atoms with E-state index in [1.165, 1.54) is 31.7 Å². The van der Waals surface area contributed by atoms with Gasteiger partial charge in [-0.1, -0.05) is 12.8 Å². The predicted molar refractivity (Wildman–Crippen MR) is 71.5 cm³/mol. The first-order valence-corrected chi connectivity index (χ1v) is 6.97. The smallest absolute Gasteiger partial charge is 0.128 e. The molecule has 0 N–H and O–H groups in total. The van der Waals surface area contributed by atoms with Gasteiger partial charge in [-0.25, -0.2) is 9.37 Å². The van der Waals surface area contributed by atoms with Crippen molar-refractivity contribution in [1.29, 1.82) is 0 Å². The number of nitrogens with zero attached hydrogens (tertiary/aromatic N) is 2. The van der Waals surface area contributed by atoms with Gasteiger partial charge in [0, 0.05) is 12.1 Å². The molecule has 1 aromatic heterocycles. The number of benzene rings is 1. The summed E-state index contributed by atoms with van der Waals surface area (Å²) in [6.07, 6.45) is 4.86. The van der Waals surface area contributed by atoms with Gasteiger partial charge < -0.3 is 4.57 Å². The van der Waals surface area contributed by atoms with E-state index in [1.807, 2.05) is 6.07 Å². The third-order valence-corrected chi connectivity index (χ3v) is 4.09. The van der Waals surface area contributed by atoms with Crippen molar-refractivity contribution in [2.45, 2.75) is 44.5 Å². The van der Waals surface area contributed by atoms with Gasteiger partial charge in [-0.05, 0) is 31.4 Å². The minimum atomic E-state index is -0.195. The van der Waals surface area contributed by atoms with Crippen LogP contribution in [0, 0.1) is 12.7 Å². The maximum absolute atomic E-state index is 13.6. The maximum Gasteiger partial charge on any atom is 0.128 e. The quantitative estimate of drug-likeness (QED) is 0.740. The van der Waals surface area contributed by atoms with E-state index in [2.05, 4.69) is 9.55 Å². The zero-order chi connectivity index (χ0) is 12.7. The van der Waals surface area contributed by atoms with Crippen molar-refractivity contribution < 1.29 is 4.39 Å². The molecule has 1 saturated carbocycles. The zero-order valence-electron chi connectivity index (χ0n) is 10.4. The van der Waals surface area contributed by atoms with Crippen molar-refractivity contribution in [2.24, 2.45) is 0 Å². The molecule has 96 valence electrons. The van der Waals surface area contributed by atoms with Crippen LogP contribution in [0.5, 0.6) is 0 Å². The van der Waals surface area contributed by atoms with Crippen LogP contribution in [0.1, 0.15) is 43.1 Å². The van der Waals surface area contributed by atoms with Crippen LogP contribution in [0.15, 0.2) is 12.1 Å². The molecule has 2 aromatic rings. The number of aromatic nitrogens is 2. The molecule has 0 saturated heterocycles. The van der Waals surface area contributed by atoms with E-state index in [0.29, 0.717) is 17.5 Å². The number of imidazole rings is 1. The number of hydrogen-bond donors (Lipinski definition) is 0. The summed E-state index contributed by atoms with van der Waals surface area (Å²) in [5.74, 6) is 1.05. The summed E-state index contributed by atoms with van der Waals surface area (Å²) in [7, 11) is 0. The number of fused-ring (bicyclic) bond motifs is 1. The molecule has 0 unspecified atom stereocenters. The van der Waals surface area contributed by atoms with E-state index in [4.69, 9.17) is 11.6 Å². The van der Waals surface area contributed by atoms with E-state index in [1.54, 1.807) is 6.92 Å². The predicted octanol–water partition coefficient (Wildman–Crippen LogP) is 4.34. The van der Waals surface area contributed by atoms with Crippen LogP contribution in [0.3, 0.4) is 0 Å². The van der Waals surface area contributed by atoms with E-state index >= 15 is 0 Å². The molecule has 18 heavy (non-hydrogen) atoms. The van der Waals surface area contributed by atoms with Crippen molar-refractivity contribution in [1.82, 2.24) is 9.55 Å². The number of rotatable bonds is 2. The Kier molecular flexibility index (Phi) is 3.02. The van der Waals surface area contributed by atoms with Crippen LogP contribution in [0.2, 0.25) is 0 Å². The lowest BCUT2D eigenvalue weighted by Crippen LogP contribution is -2.08. The summed E-state index contributed by atoms with van der Waals surface area (Å²) >= 11 is 5.98. The van der Waals surface area contributed by atoms with Gasteiger partial charge in [-0.15, -0.1) is 11.6 Å². The molecule has 1 aliphatic rings. The Morgan fingerprint density at radius 1 is 1.39 bits per heavy atom. The highest BCUT2D eigenvalue weighted by Gasteiger charge is 2.22. The minimum absolute atomic E-state index is 0.195. The molecular formula is C14H16ClFN2. The molecular weight excluding hydrogens is 251 g/mol. The third-order valence-electron chi connectivity index (χ3n) is 3.85. The summed E-state index contributed by atoms with van der Waals surface area (Å²) < 4.78 is 15.8. The average molecular weight is 267 g/mol. The first-order chi connectivity index (χ1) is 8.70. The zero-order valence-corrected chi connectivity index (χ0v) is 11.2. The van der Waals surface area contributed by atoms with Crippen molar-refractivity contribution in [3.8, 4) is 0 Å². The molecule has 3 rings (SSSR count). The van der Waals surface area contributed by atoms with E-state index in [-0.39, 0.29) is 5.82 Å². The first kappa shape index (κ1) is 12.0. The topological polar surface area (TPSA) is 17.8 Å². The summed E-state index contributed by atoms with van der Waals surface area (Å²) in [6, 6.07) is 3.90. The molecule has 0 bridgehead atoms. The van der Waals surface area contributed by atoms with Crippen LogP contribution in [-0.4, -0.2) is 9.55 Å². The molecule has 1 heterocycles. The highest BCUT2D eigenvalue weighted by molar-refractivity contribution is 6.16. The molecule has 1 aromatic carbocycles. The molecule has 1 aliphatic carbocycles. The number of halogens is 2. The summed E-state index contributed by atoms with van der Waals surface area (Å²) in [5, 5.41) is 0. The molecule has 2 nitrogen and oxygen atoms in total. The van der Waals surface area contributed by atoms with Gasteiger partial charge in [0.15, 0.2) is 0 Å². The highest BCUT2D eigenvalue weighted by Crippen LogP contribution is 2.34. The van der Waals surface area contributed by atoms with Gasteiger partial charge in [0.05, 0.1) is 16.9 Å². The second-order valence-corrected chi connectivity index (χ2v) is 5.33. The van der Waals surface area contributed by atoms with Gasteiger partial charge in [0.2, 0.25) is 0 Å². The second kappa shape index (κ2) is 4.54. The van der Waals surface area contributed by atoms with Gasteiger partial charge in [-0.2, -0.15) is 0 Å². The molecule has 0 spiro atoms. The van der Waals surface area contributed by atoms with Crippen LogP contribution < -0.4 is 0 Å². The van der Waals surface area contributed by atoms with Crippen molar-refractivity contribution in [3.63, 3.8) is 0 Å². The van der Waals surface area contributed by atoms with Gasteiger partial charge >= 0.3 is 0 Å². The number of aryl methyl sites for hydroxylation is 1. The molecule has 0 radical (unpaired) electrons. The monoisotopic (exact) mass is 266 g/mol. The summed E-state index contributed by atoms with van der Waals surface area (Å²) in [4.78, 5) is 4.47. The maximum atomic E-state index is 13.6. The fourth-order valence-corrected chi connectivity index (χ4v) is 3.12. The van der Waals surface area contributed by atoms with E-state index in [9.17, 15) is 4.39 Å². The van der Waals surface area contributed by atoms with Crippen LogP contribution in [0.4, 0.5) is 4.39 Å². The summed E-state index contributed by atoms with van der Waals surface area (Å²) in [6.45, 7) is 1.79. The highest BCUT2D eigenvalue weighted by atomic mass is 35.5. The number of alkyl halides is 1. The Hall–Kier alpha value is -1.09. The standard InChI is InChI=1S/C14H16ClFN2/c1-9-6-13-12(7-11(9)16)17-14(8-15)18(13)10-4-2-3-5-10/h6-7,10H,2-5,8H2,1H3. The second-order valence-electron chi connectivity index (χ2n) is 5.06. The number of hydrogen-bond acceptors (Lipinski definition) is 1. The van der Waals surface area contributed by atoms with Gasteiger partial charge in [0.25, 0.3) is 0 Å². The third kappa shape index (κ3) is 1.81. The SMILES string of the molecule is Cc1cc2c(cc1F)nc(CCl)n2C1CCCC1. The minimum Gasteiger partial charge on any atom is -0.324 e. The normalized spacial score (nSPS) is 16.8. The molecule has 1 fully saturated rings. The summed E-state index contributed by atoms with van der Waals surface area (Å²) in [5.41, 5.74) is 2.42. The average Bonchev–Trinajstić information content (AvgIpc) is 2.96. The van der Waals surface area contributed by atoms with Crippen molar-refractivity contribution in [2.75, 3.05) is 0 Å². The Morgan fingerprint density at radius 3 is 2.78 bits per heavy atom. The van der Waals surface area contributed by atoms with Crippen LogP contribution in [-0.2, 0) is 5.88 Å². The fourth-order valence-electron chi connectivity index (χ4n) is 2.93. The Labute approximate surface area is 111 Å². The molecule has 4 heteroatoms. The molecule has 0 aliphatic heterocycles. The first-order valence-electron chi connectivity index (χ1n) is 6.43. The Balaban J connectivity index is 2.23. The molecule has 0 atom stereocenters. The Bertz CT molecular complexity index is 585. The lowest BCUT2D eigenvalue weighted by atomic mass is 10.2. The largest absolute Gasteiger partial charge is 0.324 e. The van der Waals surface area contributed by atoms with E-state index < -0.39 is 0 Å². The van der Waals surface area contributed by atoms with Crippen LogP contribution in [0.25, 0.3) is 11.0 Å². The van der Waals surface area contributed by atoms with E-state index in [0.717, 1.165) is 16.9 Å². The lowest BCUT2D eigenvalue weighted by Gasteiger charge is -2.15. The lowest BCUT2D eigenvalue weighted by molar-refractivity contribution is 0.518.